The number of benzene rings is 2. The molecule has 0 aliphatic carbocycles. The Kier molecular flexibility index (Phi) is 9.40. The highest BCUT2D eigenvalue weighted by atomic mass is 35.5. The second-order valence-corrected chi connectivity index (χ2v) is 8.82. The van der Waals surface area contributed by atoms with Crippen LogP contribution in [-0.2, 0) is 4.79 Å². The summed E-state index contributed by atoms with van der Waals surface area (Å²) in [6.07, 6.45) is 0.168. The molecule has 2 amide bonds. The fourth-order valence-electron chi connectivity index (χ4n) is 3.66. The monoisotopic (exact) mass is 549 g/mol. The zero-order chi connectivity index (χ0) is 26.4. The van der Waals surface area contributed by atoms with Gasteiger partial charge in [0.15, 0.2) is 5.82 Å². The predicted molar refractivity (Wildman–Crippen MR) is 150 cm³/mol. The molecule has 0 atom stereocenters. The third-order valence-corrected chi connectivity index (χ3v) is 6.29. The van der Waals surface area contributed by atoms with Crippen molar-refractivity contribution in [3.63, 3.8) is 0 Å². The van der Waals surface area contributed by atoms with E-state index in [-0.39, 0.29) is 48.4 Å². The van der Waals surface area contributed by atoms with Crippen molar-refractivity contribution in [2.75, 3.05) is 24.3 Å². The number of halogens is 1. The molecular weight excluding hydrogens is 526 g/mol. The Morgan fingerprint density at radius 2 is 1.92 bits per heavy atom. The lowest BCUT2D eigenvalue weighted by Crippen LogP contribution is -2.16. The van der Waals surface area contributed by atoms with E-state index in [1.165, 1.54) is 24.5 Å². The predicted octanol–water partition coefficient (Wildman–Crippen LogP) is 5.02. The quantitative estimate of drug-likeness (QED) is 0.241. The van der Waals surface area contributed by atoms with Crippen LogP contribution in [0.2, 0.25) is 0 Å². The number of rotatable bonds is 8. The summed E-state index contributed by atoms with van der Waals surface area (Å²) in [5.74, 6) is -0.176. The fourth-order valence-corrected chi connectivity index (χ4v) is 4.28. The van der Waals surface area contributed by atoms with Crippen molar-refractivity contribution in [2.45, 2.75) is 6.42 Å². The number of anilines is 2. The molecule has 4 rings (SSSR count). The molecule has 4 aromatic rings. The highest BCUT2D eigenvalue weighted by molar-refractivity contribution is 7.12. The van der Waals surface area contributed by atoms with E-state index in [9.17, 15) is 20.0 Å². The van der Waals surface area contributed by atoms with Gasteiger partial charge in [-0.2, -0.15) is 5.26 Å². The maximum Gasteiger partial charge on any atom is 0.266 e. The van der Waals surface area contributed by atoms with E-state index in [2.05, 4.69) is 21.7 Å². The number of ether oxygens (including phenoxy) is 1. The summed E-state index contributed by atoms with van der Waals surface area (Å²) >= 11 is 1.26. The Labute approximate surface area is 229 Å². The minimum absolute atomic E-state index is 0. The van der Waals surface area contributed by atoms with Crippen LogP contribution in [0, 0.1) is 11.3 Å². The van der Waals surface area contributed by atoms with Crippen molar-refractivity contribution in [2.24, 2.45) is 5.73 Å². The number of carbonyl (C=O) groups excluding carboxylic acids is 2. The van der Waals surface area contributed by atoms with Crippen LogP contribution in [0.4, 0.5) is 11.5 Å². The molecule has 0 radical (unpaired) electrons. The second-order valence-electron chi connectivity index (χ2n) is 7.87. The van der Waals surface area contributed by atoms with Gasteiger partial charge in [-0.3, -0.25) is 9.59 Å². The summed E-state index contributed by atoms with van der Waals surface area (Å²) in [6, 6.07) is 18.8. The van der Waals surface area contributed by atoms with Crippen LogP contribution >= 0.6 is 23.7 Å². The number of aromatic hydroxyl groups is 1. The summed E-state index contributed by atoms with van der Waals surface area (Å²) in [7, 11) is 1.50. The van der Waals surface area contributed by atoms with Crippen LogP contribution in [0.1, 0.15) is 21.7 Å². The number of pyridine rings is 1. The maximum atomic E-state index is 12.9. The molecule has 5 N–H and O–H groups in total. The van der Waals surface area contributed by atoms with Gasteiger partial charge in [0.1, 0.15) is 23.1 Å². The Bertz CT molecular complexity index is 1500. The van der Waals surface area contributed by atoms with Gasteiger partial charge < -0.3 is 26.2 Å². The summed E-state index contributed by atoms with van der Waals surface area (Å²) in [6.45, 7) is 0.217. The van der Waals surface area contributed by atoms with Crippen LogP contribution in [0.15, 0.2) is 66.0 Å². The molecule has 9 nitrogen and oxygen atoms in total. The highest BCUT2D eigenvalue weighted by Gasteiger charge is 2.20. The first-order chi connectivity index (χ1) is 17.9. The molecule has 0 fully saturated rings. The molecule has 194 valence electrons. The summed E-state index contributed by atoms with van der Waals surface area (Å²) < 4.78 is 5.30. The van der Waals surface area contributed by atoms with E-state index in [0.29, 0.717) is 38.7 Å². The molecule has 0 unspecified atom stereocenters. The van der Waals surface area contributed by atoms with Gasteiger partial charge in [-0.15, -0.1) is 23.7 Å². The lowest BCUT2D eigenvalue weighted by atomic mass is 9.97. The van der Waals surface area contributed by atoms with Gasteiger partial charge in [0, 0.05) is 29.8 Å². The Morgan fingerprint density at radius 1 is 1.11 bits per heavy atom. The average molecular weight is 550 g/mol. The van der Waals surface area contributed by atoms with Crippen LogP contribution < -0.4 is 21.1 Å². The number of methoxy groups -OCH3 is 1. The van der Waals surface area contributed by atoms with Gasteiger partial charge in [-0.25, -0.2) is 4.98 Å². The number of nitrogens with one attached hydrogen (secondary N) is 2. The van der Waals surface area contributed by atoms with E-state index in [4.69, 9.17) is 10.5 Å². The van der Waals surface area contributed by atoms with Crippen LogP contribution in [0.5, 0.6) is 11.5 Å². The third kappa shape index (κ3) is 6.27. The molecule has 0 saturated carbocycles. The van der Waals surface area contributed by atoms with Gasteiger partial charge in [0.05, 0.1) is 17.7 Å². The van der Waals surface area contributed by atoms with E-state index in [0.717, 1.165) is 0 Å². The molecule has 0 aliphatic rings. The second kappa shape index (κ2) is 12.7. The normalized spacial score (nSPS) is 10.1. The topological polar surface area (TPSA) is 150 Å². The van der Waals surface area contributed by atoms with E-state index in [1.807, 2.05) is 0 Å². The number of carbonyl (C=O) groups is 2. The number of hydrogen-bond acceptors (Lipinski definition) is 8. The number of phenols is 1. The Hall–Kier alpha value is -4.43. The SMILES string of the molecule is COc1ccc(O)c(-c2cc(-c3cccc(NC(=O)CCN)c3)c(C#N)c(NC(=O)c3cccs3)n2)c1.Cl. The highest BCUT2D eigenvalue weighted by Crippen LogP contribution is 2.37. The number of aromatic nitrogens is 1. The molecule has 0 bridgehead atoms. The number of amides is 2. The standard InChI is InChI=1S/C27H23N5O4S.ClH/c1-36-18-7-8-23(33)20(13-18)22-14-19(16-4-2-5-17(12-16)30-25(34)9-10-28)21(15-29)26(31-22)32-27(35)24-6-3-11-37-24;/h2-8,11-14,33H,9-10,28H2,1H3,(H,30,34)(H,31,32,35);1H. The Morgan fingerprint density at radius 3 is 2.61 bits per heavy atom. The number of phenolic OH excluding ortho intramolecular Hbond substituents is 1. The number of thiophene rings is 1. The van der Waals surface area contributed by atoms with Crippen molar-refractivity contribution in [3.8, 4) is 40.0 Å². The molecule has 11 heteroatoms. The minimum atomic E-state index is -0.417. The first-order valence-corrected chi connectivity index (χ1v) is 12.1. The molecule has 2 heterocycles. The molecule has 0 spiro atoms. The summed E-state index contributed by atoms with van der Waals surface area (Å²) in [5.41, 5.74) is 7.83. The van der Waals surface area contributed by atoms with Crippen molar-refractivity contribution in [1.29, 1.82) is 5.26 Å². The first-order valence-electron chi connectivity index (χ1n) is 11.2. The van der Waals surface area contributed by atoms with E-state index in [1.54, 1.807) is 60.0 Å². The van der Waals surface area contributed by atoms with Crippen molar-refractivity contribution in [3.05, 3.63) is 76.5 Å². The minimum Gasteiger partial charge on any atom is -0.507 e. The number of nitrogens with two attached hydrogens (primary N) is 1. The van der Waals surface area contributed by atoms with Crippen molar-refractivity contribution in [1.82, 2.24) is 4.98 Å². The molecule has 2 aromatic heterocycles. The molecule has 38 heavy (non-hydrogen) atoms. The van der Waals surface area contributed by atoms with Crippen molar-refractivity contribution < 1.29 is 19.4 Å². The Balaban J connectivity index is 0.00000400. The summed E-state index contributed by atoms with van der Waals surface area (Å²) in [4.78, 5) is 29.9. The lowest BCUT2D eigenvalue weighted by Gasteiger charge is -2.15. The molecule has 2 aromatic carbocycles. The molecular formula is C27H24ClN5O4S. The first kappa shape index (κ1) is 28.1. The van der Waals surface area contributed by atoms with Gasteiger partial charge in [0.25, 0.3) is 5.91 Å². The summed E-state index contributed by atoms with van der Waals surface area (Å²) in [5, 5.41) is 28.0. The molecule has 0 saturated heterocycles. The van der Waals surface area contributed by atoms with E-state index < -0.39 is 5.91 Å². The zero-order valence-electron chi connectivity index (χ0n) is 20.2. The van der Waals surface area contributed by atoms with Crippen LogP contribution in [0.25, 0.3) is 22.4 Å². The van der Waals surface area contributed by atoms with Gasteiger partial charge in [-0.05, 0) is 53.4 Å². The van der Waals surface area contributed by atoms with Crippen molar-refractivity contribution >= 4 is 47.1 Å². The van der Waals surface area contributed by atoms with Gasteiger partial charge in [-0.1, -0.05) is 18.2 Å². The maximum absolute atomic E-state index is 12.9. The number of hydrogen-bond donors (Lipinski definition) is 4. The van der Waals surface area contributed by atoms with Crippen LogP contribution in [-0.4, -0.2) is 35.6 Å². The third-order valence-electron chi connectivity index (χ3n) is 5.42. The lowest BCUT2D eigenvalue weighted by molar-refractivity contribution is -0.116. The average Bonchev–Trinajstić information content (AvgIpc) is 3.44. The zero-order valence-corrected chi connectivity index (χ0v) is 21.9. The molecule has 0 aliphatic heterocycles. The number of nitriles is 1. The smallest absolute Gasteiger partial charge is 0.266 e. The van der Waals surface area contributed by atoms with Gasteiger partial charge >= 0.3 is 0 Å². The van der Waals surface area contributed by atoms with Gasteiger partial charge in [0.2, 0.25) is 5.91 Å². The largest absolute Gasteiger partial charge is 0.507 e. The number of nitrogens with zero attached hydrogens (tertiary/aromatic N) is 2. The van der Waals surface area contributed by atoms with E-state index >= 15 is 0 Å². The van der Waals surface area contributed by atoms with Crippen LogP contribution in [0.3, 0.4) is 0 Å². The fraction of sp³-hybridized carbons (Fsp3) is 0.111.